The minimum absolute atomic E-state index is 0.0137. The minimum Gasteiger partial charge on any atom is -0.376 e. The van der Waals surface area contributed by atoms with Gasteiger partial charge < -0.3 is 9.47 Å². The predicted octanol–water partition coefficient (Wildman–Crippen LogP) is 4.95. The Balaban J connectivity index is 1.60. The molecule has 136 valence electrons. The monoisotopic (exact) mass is 342 g/mol. The molecule has 0 aliphatic heterocycles. The lowest BCUT2D eigenvalue weighted by Crippen LogP contribution is -2.28. The number of carbonyl (C=O) groups excluding carboxylic acids is 1. The fourth-order valence-electron chi connectivity index (χ4n) is 2.79. The van der Waals surface area contributed by atoms with E-state index in [1.54, 1.807) is 0 Å². The molecule has 0 aromatic heterocycles. The van der Waals surface area contributed by atoms with Crippen LogP contribution in [0.3, 0.4) is 0 Å². The number of ether oxygens (including phenoxy) is 2. The molecule has 0 aliphatic carbocycles. The zero-order valence-electron chi connectivity index (χ0n) is 15.7. The largest absolute Gasteiger partial charge is 0.376 e. The van der Waals surface area contributed by atoms with E-state index in [4.69, 9.17) is 9.47 Å². The molecule has 0 saturated carbocycles. The number of unbranched alkanes of at least 4 members (excludes halogenated alkanes) is 2. The summed E-state index contributed by atoms with van der Waals surface area (Å²) in [6, 6.07) is 15.2. The molecular formula is C22H30O3. The van der Waals surface area contributed by atoms with Gasteiger partial charge in [0.05, 0.1) is 12.2 Å². The van der Waals surface area contributed by atoms with Crippen molar-refractivity contribution >= 4 is 16.6 Å². The van der Waals surface area contributed by atoms with Crippen molar-refractivity contribution in [2.45, 2.75) is 58.7 Å². The number of benzene rings is 2. The summed E-state index contributed by atoms with van der Waals surface area (Å²) in [6.45, 7) is 6.40. The molecule has 0 N–H and O–H groups in total. The lowest BCUT2D eigenvalue weighted by Gasteiger charge is -2.20. The van der Waals surface area contributed by atoms with Crippen molar-refractivity contribution in [2.24, 2.45) is 0 Å². The SMILES string of the molecule is CC(=O)CO[C@@H](C)[C@H](C)OCCCCCc1ccc2ccccc2c1. The van der Waals surface area contributed by atoms with E-state index in [1.165, 1.54) is 29.7 Å². The summed E-state index contributed by atoms with van der Waals surface area (Å²) in [7, 11) is 0. The molecule has 0 heterocycles. The summed E-state index contributed by atoms with van der Waals surface area (Å²) in [4.78, 5) is 10.9. The van der Waals surface area contributed by atoms with Crippen molar-refractivity contribution in [3.63, 3.8) is 0 Å². The predicted molar refractivity (Wildman–Crippen MR) is 103 cm³/mol. The highest BCUT2D eigenvalue weighted by Gasteiger charge is 2.13. The maximum absolute atomic E-state index is 10.9. The second-order valence-corrected chi connectivity index (χ2v) is 6.79. The first-order valence-electron chi connectivity index (χ1n) is 9.26. The first kappa shape index (κ1) is 19.6. The molecule has 0 aliphatic rings. The third-order valence-electron chi connectivity index (χ3n) is 4.51. The molecule has 0 amide bonds. The van der Waals surface area contributed by atoms with Gasteiger partial charge in [0.2, 0.25) is 0 Å². The molecular weight excluding hydrogens is 312 g/mol. The van der Waals surface area contributed by atoms with Gasteiger partial charge in [0, 0.05) is 6.61 Å². The molecule has 0 unspecified atom stereocenters. The van der Waals surface area contributed by atoms with Crippen molar-refractivity contribution < 1.29 is 14.3 Å². The van der Waals surface area contributed by atoms with E-state index in [2.05, 4.69) is 42.5 Å². The van der Waals surface area contributed by atoms with E-state index in [9.17, 15) is 4.79 Å². The maximum atomic E-state index is 10.9. The van der Waals surface area contributed by atoms with Gasteiger partial charge in [-0.25, -0.2) is 0 Å². The highest BCUT2D eigenvalue weighted by atomic mass is 16.5. The van der Waals surface area contributed by atoms with Crippen LogP contribution in [-0.2, 0) is 20.7 Å². The van der Waals surface area contributed by atoms with Gasteiger partial charge in [0.25, 0.3) is 0 Å². The van der Waals surface area contributed by atoms with Gasteiger partial charge in [0.15, 0.2) is 5.78 Å². The van der Waals surface area contributed by atoms with E-state index in [-0.39, 0.29) is 24.6 Å². The first-order chi connectivity index (χ1) is 12.1. The Morgan fingerprint density at radius 1 is 0.920 bits per heavy atom. The van der Waals surface area contributed by atoms with Crippen molar-refractivity contribution in [1.82, 2.24) is 0 Å². The number of Topliss-reactive ketones (excluding diaryl/α,β-unsaturated/α-hetero) is 1. The summed E-state index contributed by atoms with van der Waals surface area (Å²) < 4.78 is 11.3. The molecule has 2 aromatic carbocycles. The Bertz CT molecular complexity index is 665. The average molecular weight is 342 g/mol. The quantitative estimate of drug-likeness (QED) is 0.542. The highest BCUT2D eigenvalue weighted by Crippen LogP contribution is 2.17. The van der Waals surface area contributed by atoms with Crippen molar-refractivity contribution in [1.29, 1.82) is 0 Å². The van der Waals surface area contributed by atoms with Gasteiger partial charge in [-0.05, 0) is 56.4 Å². The van der Waals surface area contributed by atoms with Crippen molar-refractivity contribution in [2.75, 3.05) is 13.2 Å². The van der Waals surface area contributed by atoms with Crippen molar-refractivity contribution in [3.05, 3.63) is 48.0 Å². The normalized spacial score (nSPS) is 13.7. The second kappa shape index (κ2) is 10.3. The molecule has 0 bridgehead atoms. The average Bonchev–Trinajstić information content (AvgIpc) is 2.62. The number of hydrogen-bond donors (Lipinski definition) is 0. The Kier molecular flexibility index (Phi) is 8.10. The van der Waals surface area contributed by atoms with Gasteiger partial charge in [-0.3, -0.25) is 4.79 Å². The topological polar surface area (TPSA) is 35.5 Å². The van der Waals surface area contributed by atoms with Crippen LogP contribution in [0.5, 0.6) is 0 Å². The van der Waals surface area contributed by atoms with E-state index >= 15 is 0 Å². The van der Waals surface area contributed by atoms with E-state index < -0.39 is 0 Å². The molecule has 3 nitrogen and oxygen atoms in total. The van der Waals surface area contributed by atoms with Crippen LogP contribution >= 0.6 is 0 Å². The van der Waals surface area contributed by atoms with Gasteiger partial charge in [-0.1, -0.05) is 48.9 Å². The Hall–Kier alpha value is -1.71. The van der Waals surface area contributed by atoms with Gasteiger partial charge in [-0.15, -0.1) is 0 Å². The number of ketones is 1. The molecule has 25 heavy (non-hydrogen) atoms. The number of rotatable bonds is 11. The van der Waals surface area contributed by atoms with Gasteiger partial charge in [-0.2, -0.15) is 0 Å². The lowest BCUT2D eigenvalue weighted by atomic mass is 10.0. The first-order valence-corrected chi connectivity index (χ1v) is 9.26. The molecule has 0 fully saturated rings. The molecule has 3 heteroatoms. The van der Waals surface area contributed by atoms with Crippen LogP contribution in [0.15, 0.2) is 42.5 Å². The summed E-state index contributed by atoms with van der Waals surface area (Å²) in [5.74, 6) is 0.0488. The summed E-state index contributed by atoms with van der Waals surface area (Å²) in [6.07, 6.45) is 4.45. The minimum atomic E-state index is -0.0542. The van der Waals surface area contributed by atoms with Gasteiger partial charge >= 0.3 is 0 Å². The van der Waals surface area contributed by atoms with Crippen LogP contribution in [-0.4, -0.2) is 31.2 Å². The molecule has 2 rings (SSSR count). The highest BCUT2D eigenvalue weighted by molar-refractivity contribution is 5.82. The lowest BCUT2D eigenvalue weighted by molar-refractivity contribution is -0.126. The summed E-state index contributed by atoms with van der Waals surface area (Å²) >= 11 is 0. The van der Waals surface area contributed by atoms with Crippen molar-refractivity contribution in [3.8, 4) is 0 Å². The van der Waals surface area contributed by atoms with Crippen LogP contribution < -0.4 is 0 Å². The Morgan fingerprint density at radius 2 is 1.64 bits per heavy atom. The van der Waals surface area contributed by atoms with E-state index in [0.717, 1.165) is 25.9 Å². The second-order valence-electron chi connectivity index (χ2n) is 6.79. The molecule has 2 atom stereocenters. The fourth-order valence-corrected chi connectivity index (χ4v) is 2.79. The van der Waals surface area contributed by atoms with E-state index in [0.29, 0.717) is 0 Å². The molecule has 0 spiro atoms. The number of hydrogen-bond acceptors (Lipinski definition) is 3. The number of fused-ring (bicyclic) bond motifs is 1. The van der Waals surface area contributed by atoms with Crippen LogP contribution in [0.1, 0.15) is 45.6 Å². The standard InChI is InChI=1S/C22H30O3/c1-17(23)16-25-19(3)18(2)24-14-8-4-5-9-20-12-13-21-10-6-7-11-22(21)15-20/h6-7,10-13,15,18-19H,4-5,8-9,14,16H2,1-3H3/t18-,19-/m0/s1. The fraction of sp³-hybridized carbons (Fsp3) is 0.500. The smallest absolute Gasteiger partial charge is 0.155 e. The van der Waals surface area contributed by atoms with Crippen LogP contribution in [0.2, 0.25) is 0 Å². The third-order valence-corrected chi connectivity index (χ3v) is 4.51. The Morgan fingerprint density at radius 3 is 2.40 bits per heavy atom. The summed E-state index contributed by atoms with van der Waals surface area (Å²) in [5.41, 5.74) is 1.40. The zero-order chi connectivity index (χ0) is 18.1. The summed E-state index contributed by atoms with van der Waals surface area (Å²) in [5, 5.41) is 2.62. The third kappa shape index (κ3) is 6.97. The number of carbonyl (C=O) groups is 1. The van der Waals surface area contributed by atoms with E-state index in [1.807, 2.05) is 13.8 Å². The maximum Gasteiger partial charge on any atom is 0.155 e. The molecule has 2 aromatic rings. The van der Waals surface area contributed by atoms with Crippen LogP contribution in [0.4, 0.5) is 0 Å². The van der Waals surface area contributed by atoms with Crippen LogP contribution in [0.25, 0.3) is 10.8 Å². The van der Waals surface area contributed by atoms with Crippen LogP contribution in [0, 0.1) is 0 Å². The molecule has 0 saturated heterocycles. The number of aryl methyl sites for hydroxylation is 1. The van der Waals surface area contributed by atoms with Gasteiger partial charge in [0.1, 0.15) is 6.61 Å². The Labute approximate surface area is 151 Å². The molecule has 0 radical (unpaired) electrons. The zero-order valence-corrected chi connectivity index (χ0v) is 15.7.